The van der Waals surface area contributed by atoms with E-state index in [4.69, 9.17) is 11.6 Å². The van der Waals surface area contributed by atoms with Gasteiger partial charge in [-0.3, -0.25) is 0 Å². The van der Waals surface area contributed by atoms with Crippen LogP contribution >= 0.6 is 11.6 Å². The molecule has 49 valence electrons. The minimum Gasteiger partial charge on any atom is -0.239 e. The van der Waals surface area contributed by atoms with Gasteiger partial charge in [0.15, 0.2) is 0 Å². The van der Waals surface area contributed by atoms with Crippen LogP contribution in [0.15, 0.2) is 24.4 Å². The third-order valence-corrected chi connectivity index (χ3v) is 1.65. The fraction of sp³-hybridized carbons (Fsp3) is 0. The summed E-state index contributed by atoms with van der Waals surface area (Å²) in [5.41, 5.74) is 0.893. The molecule has 0 aliphatic rings. The topological polar surface area (TPSA) is 17.3 Å². The Kier molecular flexibility index (Phi) is 1.14. The molecule has 0 unspecified atom stereocenters. The molecule has 0 saturated heterocycles. The predicted molar refractivity (Wildman–Crippen MR) is 39.0 cm³/mol. The Labute approximate surface area is 63.0 Å². The lowest BCUT2D eigenvalue weighted by molar-refractivity contribution is 0.957. The van der Waals surface area contributed by atoms with E-state index < -0.39 is 0 Å². The molecule has 2 aromatic heterocycles. The first-order valence-corrected chi connectivity index (χ1v) is 3.26. The number of rotatable bonds is 0. The quantitative estimate of drug-likeness (QED) is 0.561. The number of nitrogens with zero attached hydrogens (tertiary/aromatic N) is 2. The average molecular weight is 152 g/mol. The lowest BCUT2D eigenvalue weighted by atomic mass is 10.4. The van der Waals surface area contributed by atoms with E-state index in [1.807, 2.05) is 18.3 Å². The number of pyridine rings is 1. The fourth-order valence-corrected chi connectivity index (χ4v) is 1.07. The molecule has 10 heavy (non-hydrogen) atoms. The number of aromatic nitrogens is 2. The van der Waals surface area contributed by atoms with Gasteiger partial charge in [0.1, 0.15) is 6.20 Å². The summed E-state index contributed by atoms with van der Waals surface area (Å²) < 4.78 is 1.68. The monoisotopic (exact) mass is 151 g/mol. The third kappa shape index (κ3) is 0.693. The molecule has 3 heteroatoms. The van der Waals surface area contributed by atoms with E-state index in [0.29, 0.717) is 5.02 Å². The Morgan fingerprint density at radius 2 is 2.50 bits per heavy atom. The highest BCUT2D eigenvalue weighted by Gasteiger charge is 1.95. The van der Waals surface area contributed by atoms with Crippen molar-refractivity contribution >= 4 is 17.1 Å². The molecular weight excluding hydrogens is 148 g/mol. The molecule has 0 N–H and O–H groups in total. The molecule has 2 nitrogen and oxygen atoms in total. The molecule has 0 amide bonds. The van der Waals surface area contributed by atoms with E-state index in [9.17, 15) is 0 Å². The minimum absolute atomic E-state index is 0.705. The zero-order valence-corrected chi connectivity index (χ0v) is 5.84. The van der Waals surface area contributed by atoms with Crippen LogP contribution in [0, 0.1) is 6.20 Å². The maximum atomic E-state index is 5.82. The highest BCUT2D eigenvalue weighted by atomic mass is 35.5. The van der Waals surface area contributed by atoms with Crippen LogP contribution in [-0.4, -0.2) is 9.61 Å². The largest absolute Gasteiger partial charge is 0.239 e. The maximum Gasteiger partial charge on any atom is 0.114 e. The summed E-state index contributed by atoms with van der Waals surface area (Å²) in [5, 5.41) is 4.59. The molecule has 2 rings (SSSR count). The van der Waals surface area contributed by atoms with E-state index in [0.717, 1.165) is 5.52 Å². The van der Waals surface area contributed by atoms with Crippen molar-refractivity contribution in [1.82, 2.24) is 9.61 Å². The van der Waals surface area contributed by atoms with Gasteiger partial charge in [-0.1, -0.05) is 11.6 Å². The molecule has 0 fully saturated rings. The van der Waals surface area contributed by atoms with Crippen LogP contribution in [0.1, 0.15) is 0 Å². The van der Waals surface area contributed by atoms with Gasteiger partial charge in [0, 0.05) is 6.20 Å². The van der Waals surface area contributed by atoms with Crippen LogP contribution in [0.25, 0.3) is 5.52 Å². The second-order valence-corrected chi connectivity index (χ2v) is 2.37. The summed E-state index contributed by atoms with van der Waals surface area (Å²) in [6.45, 7) is 0. The molecule has 0 aliphatic carbocycles. The summed E-state index contributed by atoms with van der Waals surface area (Å²) in [6, 6.07) is 5.42. The molecular formula is C7H4ClN2. The van der Waals surface area contributed by atoms with Crippen LogP contribution < -0.4 is 0 Å². The molecule has 0 spiro atoms. The first-order chi connectivity index (χ1) is 4.88. The van der Waals surface area contributed by atoms with Crippen LogP contribution in [0.3, 0.4) is 0 Å². The normalized spacial score (nSPS) is 10.5. The van der Waals surface area contributed by atoms with Crippen LogP contribution in [0.4, 0.5) is 0 Å². The molecule has 0 saturated carbocycles. The van der Waals surface area contributed by atoms with E-state index >= 15 is 0 Å². The standard InChI is InChI=1S/C7H4ClN2/c8-6-2-1-5-10-7(6)3-4-9-10/h1-3,5H. The number of fused-ring (bicyclic) bond motifs is 1. The highest BCUT2D eigenvalue weighted by molar-refractivity contribution is 6.33. The Bertz CT molecular complexity index is 353. The van der Waals surface area contributed by atoms with Gasteiger partial charge in [-0.05, 0) is 18.2 Å². The number of hydrogen-bond acceptors (Lipinski definition) is 1. The maximum absolute atomic E-state index is 5.82. The second-order valence-electron chi connectivity index (χ2n) is 1.96. The molecule has 0 aromatic carbocycles. The lowest BCUT2D eigenvalue weighted by Gasteiger charge is -1.92. The molecule has 0 atom stereocenters. The van der Waals surface area contributed by atoms with Gasteiger partial charge >= 0.3 is 0 Å². The van der Waals surface area contributed by atoms with Crippen LogP contribution in [0.5, 0.6) is 0 Å². The van der Waals surface area contributed by atoms with Crippen LogP contribution in [0.2, 0.25) is 5.02 Å². The summed E-state index contributed by atoms with van der Waals surface area (Å²) in [7, 11) is 0. The van der Waals surface area contributed by atoms with Gasteiger partial charge in [-0.25, -0.2) is 4.52 Å². The third-order valence-electron chi connectivity index (χ3n) is 1.33. The van der Waals surface area contributed by atoms with Gasteiger partial charge in [0.2, 0.25) is 0 Å². The van der Waals surface area contributed by atoms with E-state index in [1.165, 1.54) is 0 Å². The Balaban J connectivity index is 2.95. The van der Waals surface area contributed by atoms with Gasteiger partial charge in [-0.2, -0.15) is 5.10 Å². The van der Waals surface area contributed by atoms with Gasteiger partial charge < -0.3 is 0 Å². The molecule has 0 aliphatic heterocycles. The molecule has 2 aromatic rings. The van der Waals surface area contributed by atoms with Crippen LogP contribution in [-0.2, 0) is 0 Å². The summed E-state index contributed by atoms with van der Waals surface area (Å²) >= 11 is 5.82. The van der Waals surface area contributed by atoms with E-state index in [-0.39, 0.29) is 0 Å². The Hall–Kier alpha value is -1.02. The second kappa shape index (κ2) is 1.99. The van der Waals surface area contributed by atoms with Gasteiger partial charge in [0.25, 0.3) is 0 Å². The Morgan fingerprint density at radius 3 is 3.30 bits per heavy atom. The number of halogens is 1. The zero-order chi connectivity index (χ0) is 6.97. The lowest BCUT2D eigenvalue weighted by Crippen LogP contribution is -1.83. The molecule has 2 heterocycles. The van der Waals surface area contributed by atoms with Crippen molar-refractivity contribution in [1.29, 1.82) is 0 Å². The fourth-order valence-electron chi connectivity index (χ4n) is 0.859. The smallest absolute Gasteiger partial charge is 0.114 e. The summed E-state index contributed by atoms with van der Waals surface area (Å²) in [5.74, 6) is 0. The highest BCUT2D eigenvalue weighted by Crippen LogP contribution is 2.14. The van der Waals surface area contributed by atoms with E-state index in [1.54, 1.807) is 10.6 Å². The minimum atomic E-state index is 0.705. The molecule has 1 radical (unpaired) electrons. The van der Waals surface area contributed by atoms with Crippen molar-refractivity contribution in [3.8, 4) is 0 Å². The van der Waals surface area contributed by atoms with Crippen molar-refractivity contribution in [3.05, 3.63) is 35.6 Å². The van der Waals surface area contributed by atoms with Gasteiger partial charge in [-0.15, -0.1) is 0 Å². The van der Waals surface area contributed by atoms with E-state index in [2.05, 4.69) is 11.3 Å². The molecule has 0 bridgehead atoms. The van der Waals surface area contributed by atoms with Crippen molar-refractivity contribution < 1.29 is 0 Å². The van der Waals surface area contributed by atoms with Crippen molar-refractivity contribution in [3.63, 3.8) is 0 Å². The van der Waals surface area contributed by atoms with Crippen molar-refractivity contribution in [2.24, 2.45) is 0 Å². The van der Waals surface area contributed by atoms with Crippen molar-refractivity contribution in [2.45, 2.75) is 0 Å². The van der Waals surface area contributed by atoms with Gasteiger partial charge in [0.05, 0.1) is 10.5 Å². The predicted octanol–water partition coefficient (Wildman–Crippen LogP) is 1.79. The first-order valence-electron chi connectivity index (χ1n) is 2.88. The Morgan fingerprint density at radius 1 is 1.60 bits per heavy atom. The SMILES string of the molecule is Clc1cccn2n[c]cc12. The zero-order valence-electron chi connectivity index (χ0n) is 5.08. The van der Waals surface area contributed by atoms with Crippen molar-refractivity contribution in [2.75, 3.05) is 0 Å². The first kappa shape index (κ1) is 5.74. The summed E-state index contributed by atoms with van der Waals surface area (Å²) in [6.07, 6.45) is 4.54. The summed E-state index contributed by atoms with van der Waals surface area (Å²) in [4.78, 5) is 0. The number of hydrogen-bond donors (Lipinski definition) is 0. The average Bonchev–Trinajstić information content (AvgIpc) is 2.36.